The zero-order valence-corrected chi connectivity index (χ0v) is 21.7. The van der Waals surface area contributed by atoms with E-state index >= 15 is 0 Å². The van der Waals surface area contributed by atoms with Crippen molar-refractivity contribution >= 4 is 0 Å². The lowest BCUT2D eigenvalue weighted by molar-refractivity contribution is -0.0798. The van der Waals surface area contributed by atoms with Crippen LogP contribution >= 0.6 is 0 Å². The normalized spacial score (nSPS) is 45.4. The molecule has 0 bridgehead atoms. The molecule has 3 fully saturated rings. The number of aliphatic hydroxyl groups excluding tert-OH is 1. The second-order valence-electron chi connectivity index (χ2n) is 13.5. The quantitative estimate of drug-likeness (QED) is 0.438. The summed E-state index contributed by atoms with van der Waals surface area (Å²) in [6.07, 6.45) is 18.7. The summed E-state index contributed by atoms with van der Waals surface area (Å²) >= 11 is 0. The molecule has 0 radical (unpaired) electrons. The van der Waals surface area contributed by atoms with Gasteiger partial charge in [0.25, 0.3) is 0 Å². The van der Waals surface area contributed by atoms with Crippen LogP contribution in [0.4, 0.5) is 0 Å². The Labute approximate surface area is 193 Å². The lowest BCUT2D eigenvalue weighted by Gasteiger charge is -2.63. The molecular formula is C30H50O. The summed E-state index contributed by atoms with van der Waals surface area (Å²) in [6, 6.07) is 0. The van der Waals surface area contributed by atoms with E-state index in [1.807, 2.05) is 5.57 Å². The van der Waals surface area contributed by atoms with Gasteiger partial charge in [0.1, 0.15) is 0 Å². The molecule has 1 heteroatoms. The first-order valence-electron chi connectivity index (χ1n) is 13.5. The molecule has 0 spiro atoms. The van der Waals surface area contributed by atoms with E-state index in [9.17, 15) is 5.11 Å². The molecule has 0 aromatic heterocycles. The molecule has 1 nitrogen and oxygen atoms in total. The van der Waals surface area contributed by atoms with E-state index < -0.39 is 0 Å². The van der Waals surface area contributed by atoms with Crippen LogP contribution in [0, 0.1) is 45.3 Å². The van der Waals surface area contributed by atoms with Crippen LogP contribution in [0.2, 0.25) is 0 Å². The van der Waals surface area contributed by atoms with Crippen LogP contribution in [-0.4, -0.2) is 11.7 Å². The smallest absolute Gasteiger partial charge is 0.0639 e. The fourth-order valence-corrected chi connectivity index (χ4v) is 9.62. The van der Waals surface area contributed by atoms with E-state index in [1.165, 1.54) is 57.8 Å². The molecule has 0 saturated heterocycles. The molecule has 4 rings (SSSR count). The molecule has 0 aromatic carbocycles. The lowest BCUT2D eigenvalue weighted by Crippen LogP contribution is -2.55. The van der Waals surface area contributed by atoms with Crippen molar-refractivity contribution < 1.29 is 5.11 Å². The van der Waals surface area contributed by atoms with Crippen molar-refractivity contribution in [2.24, 2.45) is 45.3 Å². The van der Waals surface area contributed by atoms with Gasteiger partial charge in [0.15, 0.2) is 0 Å². The number of rotatable bonds is 5. The van der Waals surface area contributed by atoms with Gasteiger partial charge in [0, 0.05) is 0 Å². The van der Waals surface area contributed by atoms with E-state index in [0.29, 0.717) is 21.7 Å². The number of hydrogen-bond donors (Lipinski definition) is 1. The van der Waals surface area contributed by atoms with Crippen molar-refractivity contribution in [2.45, 2.75) is 113 Å². The highest BCUT2D eigenvalue weighted by atomic mass is 16.3. The van der Waals surface area contributed by atoms with E-state index in [0.717, 1.165) is 35.7 Å². The van der Waals surface area contributed by atoms with Crippen LogP contribution in [-0.2, 0) is 0 Å². The van der Waals surface area contributed by atoms with Gasteiger partial charge in [-0.15, -0.1) is 0 Å². The van der Waals surface area contributed by atoms with Gasteiger partial charge in [0.05, 0.1) is 6.61 Å². The van der Waals surface area contributed by atoms with Crippen LogP contribution in [0.5, 0.6) is 0 Å². The van der Waals surface area contributed by atoms with Crippen LogP contribution in [0.1, 0.15) is 113 Å². The van der Waals surface area contributed by atoms with Crippen molar-refractivity contribution in [2.75, 3.05) is 6.61 Å². The molecule has 3 saturated carbocycles. The van der Waals surface area contributed by atoms with Gasteiger partial charge < -0.3 is 5.11 Å². The van der Waals surface area contributed by atoms with Crippen LogP contribution in [0.15, 0.2) is 23.3 Å². The average Bonchev–Trinajstić information content (AvgIpc) is 2.98. The monoisotopic (exact) mass is 426 g/mol. The van der Waals surface area contributed by atoms with Crippen molar-refractivity contribution in [1.82, 2.24) is 0 Å². The van der Waals surface area contributed by atoms with Gasteiger partial charge in [-0.1, -0.05) is 71.3 Å². The van der Waals surface area contributed by atoms with Crippen LogP contribution in [0.25, 0.3) is 0 Å². The number of allylic oxidation sites excluding steroid dienone is 3. The predicted molar refractivity (Wildman–Crippen MR) is 133 cm³/mol. The highest BCUT2D eigenvalue weighted by molar-refractivity contribution is 5.33. The maximum absolute atomic E-state index is 9.31. The maximum atomic E-state index is 9.31. The molecule has 1 N–H and O–H groups in total. The Balaban J connectivity index is 1.59. The summed E-state index contributed by atoms with van der Waals surface area (Å²) < 4.78 is 0. The topological polar surface area (TPSA) is 20.2 Å². The Morgan fingerprint density at radius 2 is 1.84 bits per heavy atom. The van der Waals surface area contributed by atoms with Gasteiger partial charge in [-0.05, 0) is 110 Å². The van der Waals surface area contributed by atoms with Crippen molar-refractivity contribution in [1.29, 1.82) is 0 Å². The Bertz CT molecular complexity index is 744. The van der Waals surface area contributed by atoms with Gasteiger partial charge in [0.2, 0.25) is 0 Å². The number of fused-ring (bicyclic) bond motifs is 5. The molecule has 4 aliphatic rings. The van der Waals surface area contributed by atoms with Crippen molar-refractivity contribution in [3.63, 3.8) is 0 Å². The van der Waals surface area contributed by atoms with E-state index in [-0.39, 0.29) is 6.61 Å². The molecule has 176 valence electrons. The summed E-state index contributed by atoms with van der Waals surface area (Å²) in [5.41, 5.74) is 4.90. The average molecular weight is 427 g/mol. The summed E-state index contributed by atoms with van der Waals surface area (Å²) in [6.45, 7) is 17.9. The molecule has 3 unspecified atom stereocenters. The Morgan fingerprint density at radius 1 is 1.10 bits per heavy atom. The molecule has 4 aliphatic carbocycles. The predicted octanol–water partition coefficient (Wildman–Crippen LogP) is 8.34. The Hall–Kier alpha value is -0.560. The molecule has 31 heavy (non-hydrogen) atoms. The largest absolute Gasteiger partial charge is 0.392 e. The highest BCUT2D eigenvalue weighted by Gasteiger charge is 2.64. The molecular weight excluding hydrogens is 376 g/mol. The first-order chi connectivity index (χ1) is 14.5. The van der Waals surface area contributed by atoms with Crippen molar-refractivity contribution in [3.8, 4) is 0 Å². The van der Waals surface area contributed by atoms with Crippen LogP contribution in [0.3, 0.4) is 0 Å². The zero-order valence-electron chi connectivity index (χ0n) is 21.7. The highest BCUT2D eigenvalue weighted by Crippen LogP contribution is 2.73. The second kappa shape index (κ2) is 8.03. The summed E-state index contributed by atoms with van der Waals surface area (Å²) in [7, 11) is 0. The third kappa shape index (κ3) is 3.51. The fraction of sp³-hybridized carbons (Fsp3) is 0.867. The first-order valence-corrected chi connectivity index (χ1v) is 13.5. The SMILES string of the molecule is C/C(=C/CCC(C)[C@@H]1CC[C@]2(C)C3=CCC4C(C)(C)CCC[C@]4(C)C3CC[C@@]12C)CO. The Morgan fingerprint density at radius 3 is 2.55 bits per heavy atom. The van der Waals surface area contributed by atoms with E-state index in [1.54, 1.807) is 0 Å². The van der Waals surface area contributed by atoms with Crippen LogP contribution < -0.4 is 0 Å². The standard InChI is InChI=1S/C30H50O/c1-21(20-31)10-8-11-22(2)23-14-18-30(7)25-12-13-26-27(3,4)16-9-17-28(26,5)24(25)15-19-29(23,30)6/h10,12,22-24,26,31H,8-9,11,13-20H2,1-7H3/b21-10-/t22?,23-,24?,26?,28+,29-,30+/m0/s1. The van der Waals surface area contributed by atoms with Gasteiger partial charge in [-0.2, -0.15) is 0 Å². The van der Waals surface area contributed by atoms with E-state index in [4.69, 9.17) is 0 Å². The minimum absolute atomic E-state index is 0.208. The number of hydrogen-bond acceptors (Lipinski definition) is 1. The molecule has 7 atom stereocenters. The Kier molecular flexibility index (Phi) is 6.11. The third-order valence-electron chi connectivity index (χ3n) is 11.7. The van der Waals surface area contributed by atoms with Gasteiger partial charge in [-0.3, -0.25) is 0 Å². The lowest BCUT2D eigenvalue weighted by atomic mass is 9.41. The molecule has 0 aliphatic heterocycles. The maximum Gasteiger partial charge on any atom is 0.0639 e. The first kappa shape index (κ1) is 23.6. The van der Waals surface area contributed by atoms with Gasteiger partial charge >= 0.3 is 0 Å². The fourth-order valence-electron chi connectivity index (χ4n) is 9.62. The summed E-state index contributed by atoms with van der Waals surface area (Å²) in [4.78, 5) is 0. The van der Waals surface area contributed by atoms with E-state index in [2.05, 4.69) is 60.6 Å². The molecule has 0 amide bonds. The zero-order chi connectivity index (χ0) is 22.7. The van der Waals surface area contributed by atoms with Crippen molar-refractivity contribution in [3.05, 3.63) is 23.3 Å². The second-order valence-corrected chi connectivity index (χ2v) is 13.5. The summed E-state index contributed by atoms with van der Waals surface area (Å²) in [5, 5.41) is 9.31. The third-order valence-corrected chi connectivity index (χ3v) is 11.7. The summed E-state index contributed by atoms with van der Waals surface area (Å²) in [5.74, 6) is 3.31. The minimum atomic E-state index is 0.208. The molecule has 0 heterocycles. The molecule has 0 aromatic rings. The van der Waals surface area contributed by atoms with Gasteiger partial charge in [-0.25, -0.2) is 0 Å². The number of aliphatic hydroxyl groups is 1. The minimum Gasteiger partial charge on any atom is -0.392 e.